The van der Waals surface area contributed by atoms with E-state index < -0.39 is 0 Å². The van der Waals surface area contributed by atoms with Gasteiger partial charge in [0.15, 0.2) is 11.5 Å². The van der Waals surface area contributed by atoms with Gasteiger partial charge in [-0.1, -0.05) is 6.07 Å². The average Bonchev–Trinajstić information content (AvgIpc) is 3.12. The normalized spacial score (nSPS) is 21.8. The number of piperazine rings is 1. The summed E-state index contributed by atoms with van der Waals surface area (Å²) >= 11 is 0. The lowest BCUT2D eigenvalue weighted by Gasteiger charge is -2.31. The van der Waals surface area contributed by atoms with Crippen LogP contribution in [0.3, 0.4) is 0 Å². The summed E-state index contributed by atoms with van der Waals surface area (Å²) in [5.74, 6) is 1.67. The van der Waals surface area contributed by atoms with Gasteiger partial charge in [0.05, 0.1) is 26.8 Å². The van der Waals surface area contributed by atoms with Gasteiger partial charge in [0.25, 0.3) is 0 Å². The molecule has 2 aliphatic rings. The Balaban J connectivity index is 1.71. The molecular weight excluding hydrogens is 306 g/mol. The molecule has 0 bridgehead atoms. The van der Waals surface area contributed by atoms with Gasteiger partial charge >= 0.3 is 0 Å². The van der Waals surface area contributed by atoms with Crippen LogP contribution in [0.15, 0.2) is 18.2 Å². The van der Waals surface area contributed by atoms with Crippen molar-refractivity contribution in [3.8, 4) is 11.5 Å². The molecule has 2 aliphatic heterocycles. The molecule has 2 fully saturated rings. The van der Waals surface area contributed by atoms with E-state index in [1.54, 1.807) is 14.2 Å². The van der Waals surface area contributed by atoms with Crippen molar-refractivity contribution >= 4 is 5.91 Å². The topological polar surface area (TPSA) is 54.0 Å². The van der Waals surface area contributed by atoms with Gasteiger partial charge < -0.3 is 19.7 Å². The van der Waals surface area contributed by atoms with Crippen molar-refractivity contribution in [3.05, 3.63) is 23.8 Å². The van der Waals surface area contributed by atoms with Crippen molar-refractivity contribution in [2.75, 3.05) is 53.5 Å². The molecule has 0 aromatic heterocycles. The molecule has 0 aliphatic carbocycles. The van der Waals surface area contributed by atoms with E-state index in [0.717, 1.165) is 62.6 Å². The number of methoxy groups -OCH3 is 2. The number of benzene rings is 1. The fourth-order valence-electron chi connectivity index (χ4n) is 3.62. The van der Waals surface area contributed by atoms with Gasteiger partial charge in [-0.15, -0.1) is 0 Å². The predicted octanol–water partition coefficient (Wildman–Crippen LogP) is 1.27. The Morgan fingerprint density at radius 2 is 1.92 bits per heavy atom. The maximum atomic E-state index is 12.8. The van der Waals surface area contributed by atoms with Gasteiger partial charge in [0.2, 0.25) is 5.91 Å². The summed E-state index contributed by atoms with van der Waals surface area (Å²) in [5.41, 5.74) is 1.12. The standard InChI is InChI=1S/C18H27N3O3/c1-23-16-6-5-14(12-17(16)24-2)15-4-3-9-21(15)18(22)13-20-10-7-19-8-11-20/h5-6,12,15,19H,3-4,7-11,13H2,1-2H3. The molecule has 6 heteroatoms. The van der Waals surface area contributed by atoms with E-state index in [4.69, 9.17) is 9.47 Å². The highest BCUT2D eigenvalue weighted by Gasteiger charge is 2.31. The fourth-order valence-corrected chi connectivity index (χ4v) is 3.62. The molecule has 2 saturated heterocycles. The van der Waals surface area contributed by atoms with Gasteiger partial charge in [-0.05, 0) is 30.5 Å². The zero-order valence-electron chi connectivity index (χ0n) is 14.6. The second-order valence-corrected chi connectivity index (χ2v) is 6.39. The smallest absolute Gasteiger partial charge is 0.237 e. The molecule has 24 heavy (non-hydrogen) atoms. The predicted molar refractivity (Wildman–Crippen MR) is 92.5 cm³/mol. The fraction of sp³-hybridized carbons (Fsp3) is 0.611. The van der Waals surface area contributed by atoms with Crippen LogP contribution in [0.1, 0.15) is 24.4 Å². The van der Waals surface area contributed by atoms with E-state index in [1.807, 2.05) is 23.1 Å². The SMILES string of the molecule is COc1ccc(C2CCCN2C(=O)CN2CCNCC2)cc1OC. The first-order chi connectivity index (χ1) is 11.7. The summed E-state index contributed by atoms with van der Waals surface area (Å²) in [6, 6.07) is 6.11. The Bertz CT molecular complexity index is 573. The maximum Gasteiger partial charge on any atom is 0.237 e. The molecule has 1 atom stereocenters. The average molecular weight is 333 g/mol. The molecule has 0 radical (unpaired) electrons. The van der Waals surface area contributed by atoms with Crippen molar-refractivity contribution in [1.82, 2.24) is 15.1 Å². The van der Waals surface area contributed by atoms with Gasteiger partial charge in [0, 0.05) is 32.7 Å². The zero-order valence-corrected chi connectivity index (χ0v) is 14.6. The van der Waals surface area contributed by atoms with E-state index in [-0.39, 0.29) is 11.9 Å². The molecular formula is C18H27N3O3. The van der Waals surface area contributed by atoms with Crippen LogP contribution in [-0.4, -0.2) is 69.2 Å². The lowest BCUT2D eigenvalue weighted by molar-refractivity contribution is -0.133. The number of hydrogen-bond donors (Lipinski definition) is 1. The molecule has 6 nitrogen and oxygen atoms in total. The molecule has 0 saturated carbocycles. The van der Waals surface area contributed by atoms with Crippen molar-refractivity contribution in [1.29, 1.82) is 0 Å². The van der Waals surface area contributed by atoms with Crippen LogP contribution in [0.4, 0.5) is 0 Å². The minimum Gasteiger partial charge on any atom is -0.493 e. The second kappa shape index (κ2) is 7.85. The molecule has 1 aromatic rings. The van der Waals surface area contributed by atoms with Crippen molar-refractivity contribution in [2.24, 2.45) is 0 Å². The summed E-state index contributed by atoms with van der Waals surface area (Å²) in [7, 11) is 3.28. The highest BCUT2D eigenvalue weighted by Crippen LogP contribution is 2.36. The first-order valence-electron chi connectivity index (χ1n) is 8.67. The number of nitrogens with zero attached hydrogens (tertiary/aromatic N) is 2. The van der Waals surface area contributed by atoms with Gasteiger partial charge in [0.1, 0.15) is 0 Å². The second-order valence-electron chi connectivity index (χ2n) is 6.39. The molecule has 0 spiro atoms. The maximum absolute atomic E-state index is 12.8. The van der Waals surface area contributed by atoms with Gasteiger partial charge in [-0.2, -0.15) is 0 Å². The molecule has 3 rings (SSSR count). The van der Waals surface area contributed by atoms with Crippen molar-refractivity contribution in [3.63, 3.8) is 0 Å². The molecule has 2 heterocycles. The van der Waals surface area contributed by atoms with Crippen LogP contribution in [0.25, 0.3) is 0 Å². The first kappa shape index (κ1) is 17.0. The zero-order chi connectivity index (χ0) is 16.9. The lowest BCUT2D eigenvalue weighted by atomic mass is 10.0. The molecule has 1 N–H and O–H groups in total. The van der Waals surface area contributed by atoms with E-state index in [2.05, 4.69) is 10.2 Å². The largest absolute Gasteiger partial charge is 0.493 e. The van der Waals surface area contributed by atoms with Crippen LogP contribution in [0.2, 0.25) is 0 Å². The third-order valence-electron chi connectivity index (χ3n) is 4.93. The Morgan fingerprint density at radius 1 is 1.17 bits per heavy atom. The van der Waals surface area contributed by atoms with Crippen LogP contribution < -0.4 is 14.8 Å². The van der Waals surface area contributed by atoms with E-state index in [9.17, 15) is 4.79 Å². The third kappa shape index (κ3) is 3.65. The van der Waals surface area contributed by atoms with Crippen LogP contribution in [-0.2, 0) is 4.79 Å². The molecule has 1 unspecified atom stereocenters. The molecule has 1 aromatic carbocycles. The van der Waals surface area contributed by atoms with Crippen molar-refractivity contribution < 1.29 is 14.3 Å². The minimum atomic E-state index is 0.139. The summed E-state index contributed by atoms with van der Waals surface area (Å²) in [6.07, 6.45) is 2.05. The number of likely N-dealkylation sites (tertiary alicyclic amines) is 1. The van der Waals surface area contributed by atoms with Crippen LogP contribution in [0.5, 0.6) is 11.5 Å². The van der Waals surface area contributed by atoms with E-state index in [1.165, 1.54) is 0 Å². The van der Waals surface area contributed by atoms with Gasteiger partial charge in [-0.3, -0.25) is 9.69 Å². The summed E-state index contributed by atoms with van der Waals surface area (Å²) < 4.78 is 10.7. The Labute approximate surface area is 143 Å². The Hall–Kier alpha value is -1.79. The Morgan fingerprint density at radius 3 is 2.62 bits per heavy atom. The summed E-state index contributed by atoms with van der Waals surface area (Å²) in [5, 5.41) is 3.32. The molecule has 1 amide bonds. The van der Waals surface area contributed by atoms with E-state index in [0.29, 0.717) is 6.54 Å². The summed E-state index contributed by atoms with van der Waals surface area (Å²) in [4.78, 5) is 17.1. The van der Waals surface area contributed by atoms with Crippen LogP contribution >= 0.6 is 0 Å². The quantitative estimate of drug-likeness (QED) is 0.879. The molecule has 132 valence electrons. The van der Waals surface area contributed by atoms with E-state index >= 15 is 0 Å². The summed E-state index contributed by atoms with van der Waals surface area (Å²) in [6.45, 7) is 5.18. The minimum absolute atomic E-state index is 0.139. The highest BCUT2D eigenvalue weighted by molar-refractivity contribution is 5.79. The Kier molecular flexibility index (Phi) is 5.58. The number of hydrogen-bond acceptors (Lipinski definition) is 5. The number of ether oxygens (including phenoxy) is 2. The van der Waals surface area contributed by atoms with Crippen LogP contribution in [0, 0.1) is 0 Å². The lowest BCUT2D eigenvalue weighted by Crippen LogP contribution is -2.48. The number of carbonyl (C=O) groups is 1. The van der Waals surface area contributed by atoms with Crippen molar-refractivity contribution in [2.45, 2.75) is 18.9 Å². The monoisotopic (exact) mass is 333 g/mol. The number of rotatable bonds is 5. The number of amides is 1. The first-order valence-corrected chi connectivity index (χ1v) is 8.67. The highest BCUT2D eigenvalue weighted by atomic mass is 16.5. The van der Waals surface area contributed by atoms with Gasteiger partial charge in [-0.25, -0.2) is 0 Å². The number of carbonyl (C=O) groups excluding carboxylic acids is 1. The number of nitrogens with one attached hydrogen (secondary N) is 1. The third-order valence-corrected chi connectivity index (χ3v) is 4.93.